The lowest BCUT2D eigenvalue weighted by Crippen LogP contribution is -2.60. The number of carbonyl (C=O) groups is 6. The summed E-state index contributed by atoms with van der Waals surface area (Å²) >= 11 is 0. The van der Waals surface area contributed by atoms with Crippen molar-refractivity contribution in [1.29, 1.82) is 0 Å². The summed E-state index contributed by atoms with van der Waals surface area (Å²) in [6.07, 6.45) is 3.22. The fraction of sp³-hybridized carbons (Fsp3) is 0.680. The van der Waals surface area contributed by atoms with Crippen LogP contribution in [0.15, 0.2) is 12.7 Å². The van der Waals surface area contributed by atoms with E-state index in [4.69, 9.17) is 0 Å². The van der Waals surface area contributed by atoms with E-state index >= 15 is 0 Å². The molecule has 3 unspecified atom stereocenters. The number of Topliss-reactive ketones (excluding diaryl/α,β-unsaturated/α-hetero) is 1. The Hall–Kier alpha value is -3.44. The average molecular weight is 523 g/mol. The summed E-state index contributed by atoms with van der Waals surface area (Å²) in [6, 6.07) is -3.52. The monoisotopic (exact) mass is 522 g/mol. The molecule has 0 aliphatic carbocycles. The van der Waals surface area contributed by atoms with Gasteiger partial charge in [-0.05, 0) is 24.7 Å². The molecule has 1 saturated heterocycles. The number of amides is 6. The van der Waals surface area contributed by atoms with E-state index < -0.39 is 53.1 Å². The lowest BCUT2D eigenvalue weighted by molar-refractivity contribution is -0.143. The Labute approximate surface area is 218 Å². The van der Waals surface area contributed by atoms with E-state index in [0.29, 0.717) is 25.8 Å². The molecule has 208 valence electrons. The SMILES string of the molecule is C=CCNC(=O)C(=O)C(CCC)NC(=O)C1CCCN1C(=O)C(NC(=O)NCC(=O)N(C)C)C(C)(C)C. The Balaban J connectivity index is 2.98. The fourth-order valence-electron chi connectivity index (χ4n) is 3.85. The molecular weight excluding hydrogens is 480 g/mol. The molecule has 1 aliphatic heterocycles. The molecule has 0 spiro atoms. The zero-order valence-corrected chi connectivity index (χ0v) is 22.8. The number of hydrogen-bond acceptors (Lipinski definition) is 6. The second-order valence-electron chi connectivity index (χ2n) is 10.3. The second-order valence-corrected chi connectivity index (χ2v) is 10.3. The second kappa shape index (κ2) is 14.3. The Morgan fingerprint density at radius 2 is 1.73 bits per heavy atom. The van der Waals surface area contributed by atoms with E-state index in [0.717, 1.165) is 0 Å². The minimum atomic E-state index is -1.02. The van der Waals surface area contributed by atoms with Gasteiger partial charge in [0, 0.05) is 27.2 Å². The van der Waals surface area contributed by atoms with E-state index in [1.807, 2.05) is 6.92 Å². The lowest BCUT2D eigenvalue weighted by Gasteiger charge is -2.35. The van der Waals surface area contributed by atoms with Crippen LogP contribution in [0.25, 0.3) is 0 Å². The minimum absolute atomic E-state index is 0.125. The maximum absolute atomic E-state index is 13.5. The van der Waals surface area contributed by atoms with Gasteiger partial charge in [0.15, 0.2) is 0 Å². The molecule has 0 bridgehead atoms. The fourth-order valence-corrected chi connectivity index (χ4v) is 3.85. The number of urea groups is 1. The van der Waals surface area contributed by atoms with Crippen LogP contribution in [0.2, 0.25) is 0 Å². The molecular formula is C25H42N6O6. The molecule has 0 aromatic heterocycles. The van der Waals surface area contributed by atoms with Crippen molar-refractivity contribution in [1.82, 2.24) is 31.1 Å². The predicted molar refractivity (Wildman–Crippen MR) is 138 cm³/mol. The Bertz CT molecular complexity index is 881. The summed E-state index contributed by atoms with van der Waals surface area (Å²) in [6.45, 7) is 10.9. The summed E-state index contributed by atoms with van der Waals surface area (Å²) in [5.41, 5.74) is -0.701. The van der Waals surface area contributed by atoms with Crippen LogP contribution in [0.1, 0.15) is 53.4 Å². The Morgan fingerprint density at radius 1 is 1.08 bits per heavy atom. The van der Waals surface area contributed by atoms with Crippen LogP contribution in [0.5, 0.6) is 0 Å². The van der Waals surface area contributed by atoms with E-state index in [-0.39, 0.29) is 25.4 Å². The number of likely N-dealkylation sites (tertiary alicyclic amines) is 1. The summed E-state index contributed by atoms with van der Waals surface area (Å²) < 4.78 is 0. The summed E-state index contributed by atoms with van der Waals surface area (Å²) in [5, 5.41) is 10.2. The number of carbonyl (C=O) groups excluding carboxylic acids is 6. The van der Waals surface area contributed by atoms with Gasteiger partial charge >= 0.3 is 6.03 Å². The molecule has 1 rings (SSSR count). The van der Waals surface area contributed by atoms with Crippen molar-refractivity contribution in [2.24, 2.45) is 5.41 Å². The highest BCUT2D eigenvalue weighted by Crippen LogP contribution is 2.26. The van der Waals surface area contributed by atoms with Crippen LogP contribution in [-0.2, 0) is 24.0 Å². The molecule has 12 nitrogen and oxygen atoms in total. The van der Waals surface area contributed by atoms with Crippen LogP contribution in [0, 0.1) is 5.41 Å². The van der Waals surface area contributed by atoms with Crippen LogP contribution in [-0.4, -0.2) is 97.1 Å². The number of likely N-dealkylation sites (N-methyl/N-ethyl adjacent to an activating group) is 1. The Kier molecular flexibility index (Phi) is 12.2. The smallest absolute Gasteiger partial charge is 0.315 e. The molecule has 0 aromatic rings. The standard InChI is InChI=1S/C25H42N6O6/c1-8-11-16(19(33)22(35)26-13-9-2)28-21(34)17-12-10-14-31(17)23(36)20(25(3,4)5)29-24(37)27-15-18(32)30(6)7/h9,16-17,20H,2,8,10-15H2,1,3-7H3,(H,26,35)(H,28,34)(H2,27,29,37). The summed E-state index contributed by atoms with van der Waals surface area (Å²) in [7, 11) is 3.13. The molecule has 4 N–H and O–H groups in total. The normalized spacial score (nSPS) is 16.7. The maximum atomic E-state index is 13.5. The van der Waals surface area contributed by atoms with Gasteiger partial charge < -0.3 is 31.1 Å². The zero-order valence-electron chi connectivity index (χ0n) is 22.8. The van der Waals surface area contributed by atoms with Crippen LogP contribution in [0.4, 0.5) is 4.79 Å². The molecule has 1 heterocycles. The highest BCUT2D eigenvalue weighted by Gasteiger charge is 2.42. The van der Waals surface area contributed by atoms with Crippen LogP contribution in [0.3, 0.4) is 0 Å². The molecule has 12 heteroatoms. The van der Waals surface area contributed by atoms with Gasteiger partial charge in [-0.2, -0.15) is 0 Å². The van der Waals surface area contributed by atoms with Crippen molar-refractivity contribution < 1.29 is 28.8 Å². The van der Waals surface area contributed by atoms with Crippen molar-refractivity contribution in [3.8, 4) is 0 Å². The highest BCUT2D eigenvalue weighted by molar-refractivity contribution is 6.38. The zero-order chi connectivity index (χ0) is 28.3. The summed E-state index contributed by atoms with van der Waals surface area (Å²) in [5.74, 6) is -2.84. The first-order chi connectivity index (χ1) is 17.2. The van der Waals surface area contributed by atoms with E-state index in [1.165, 1.54) is 15.9 Å². The van der Waals surface area contributed by atoms with E-state index in [9.17, 15) is 28.8 Å². The minimum Gasteiger partial charge on any atom is -0.347 e. The number of hydrogen-bond donors (Lipinski definition) is 4. The van der Waals surface area contributed by atoms with Crippen LogP contribution >= 0.6 is 0 Å². The highest BCUT2D eigenvalue weighted by atomic mass is 16.2. The quantitative estimate of drug-likeness (QED) is 0.208. The molecule has 1 aliphatic rings. The molecule has 0 radical (unpaired) electrons. The molecule has 0 saturated carbocycles. The molecule has 1 fully saturated rings. The van der Waals surface area contributed by atoms with Gasteiger partial charge in [0.2, 0.25) is 23.5 Å². The van der Waals surface area contributed by atoms with Crippen molar-refractivity contribution in [3.05, 3.63) is 12.7 Å². The van der Waals surface area contributed by atoms with Gasteiger partial charge in [0.1, 0.15) is 12.1 Å². The van der Waals surface area contributed by atoms with Crippen LogP contribution < -0.4 is 21.3 Å². The average Bonchev–Trinajstić information content (AvgIpc) is 3.32. The number of ketones is 1. The Morgan fingerprint density at radius 3 is 2.27 bits per heavy atom. The number of nitrogens with one attached hydrogen (secondary N) is 4. The molecule has 3 atom stereocenters. The van der Waals surface area contributed by atoms with Crippen molar-refractivity contribution >= 4 is 35.4 Å². The predicted octanol–water partition coefficient (Wildman–Crippen LogP) is -0.0643. The van der Waals surface area contributed by atoms with Gasteiger partial charge in [-0.25, -0.2) is 4.79 Å². The molecule has 0 aromatic carbocycles. The molecule has 37 heavy (non-hydrogen) atoms. The number of rotatable bonds is 12. The van der Waals surface area contributed by atoms with Gasteiger partial charge in [-0.15, -0.1) is 6.58 Å². The first-order valence-corrected chi connectivity index (χ1v) is 12.5. The summed E-state index contributed by atoms with van der Waals surface area (Å²) in [4.78, 5) is 78.4. The topological polar surface area (TPSA) is 157 Å². The maximum Gasteiger partial charge on any atom is 0.315 e. The van der Waals surface area contributed by atoms with Crippen molar-refractivity contribution in [2.45, 2.75) is 71.5 Å². The van der Waals surface area contributed by atoms with E-state index in [1.54, 1.807) is 34.9 Å². The third-order valence-electron chi connectivity index (χ3n) is 5.97. The van der Waals surface area contributed by atoms with Gasteiger partial charge in [-0.1, -0.05) is 40.2 Å². The number of nitrogens with zero attached hydrogens (tertiary/aromatic N) is 2. The third kappa shape index (κ3) is 9.51. The largest absolute Gasteiger partial charge is 0.347 e. The van der Waals surface area contributed by atoms with Gasteiger partial charge in [0.25, 0.3) is 5.91 Å². The first-order valence-electron chi connectivity index (χ1n) is 12.5. The van der Waals surface area contributed by atoms with Gasteiger partial charge in [0.05, 0.1) is 12.6 Å². The van der Waals surface area contributed by atoms with Crippen molar-refractivity contribution in [2.75, 3.05) is 33.7 Å². The lowest BCUT2D eigenvalue weighted by atomic mass is 9.85. The first kappa shape index (κ1) is 31.6. The molecule has 6 amide bonds. The van der Waals surface area contributed by atoms with Crippen molar-refractivity contribution in [3.63, 3.8) is 0 Å². The van der Waals surface area contributed by atoms with E-state index in [2.05, 4.69) is 27.8 Å². The van der Waals surface area contributed by atoms with Gasteiger partial charge in [-0.3, -0.25) is 24.0 Å². The third-order valence-corrected chi connectivity index (χ3v) is 5.97.